The highest BCUT2D eigenvalue weighted by Gasteiger charge is 2.24. The number of hydrogen-bond donors (Lipinski definition) is 3. The average molecular weight is 260 g/mol. The van der Waals surface area contributed by atoms with Gasteiger partial charge >= 0.3 is 11.9 Å². The second-order valence-corrected chi connectivity index (χ2v) is 3.95. The van der Waals surface area contributed by atoms with Crippen LogP contribution in [0.25, 0.3) is 0 Å². The minimum absolute atomic E-state index is 0.0116. The number of aliphatic carboxylic acids is 1. The number of esters is 1. The zero-order valence-corrected chi connectivity index (χ0v) is 10.6. The first-order chi connectivity index (χ1) is 8.44. The van der Waals surface area contributed by atoms with Crippen molar-refractivity contribution >= 4 is 17.8 Å². The van der Waals surface area contributed by atoms with Crippen LogP contribution in [0.3, 0.4) is 0 Å². The Labute approximate surface area is 106 Å². The largest absolute Gasteiger partial charge is 0.480 e. The van der Waals surface area contributed by atoms with Gasteiger partial charge in [-0.15, -0.1) is 0 Å². The number of amides is 1. The van der Waals surface area contributed by atoms with Crippen LogP contribution in [0.5, 0.6) is 0 Å². The molecule has 1 unspecified atom stereocenters. The van der Waals surface area contributed by atoms with E-state index in [1.165, 1.54) is 0 Å². The van der Waals surface area contributed by atoms with Crippen molar-refractivity contribution in [3.8, 4) is 0 Å². The number of rotatable bonds is 8. The summed E-state index contributed by atoms with van der Waals surface area (Å²) < 4.78 is 4.36. The van der Waals surface area contributed by atoms with E-state index in [4.69, 9.17) is 10.8 Å². The van der Waals surface area contributed by atoms with Gasteiger partial charge in [0.1, 0.15) is 6.04 Å². The zero-order chi connectivity index (χ0) is 14.1. The summed E-state index contributed by atoms with van der Waals surface area (Å²) in [5, 5.41) is 11.2. The lowest BCUT2D eigenvalue weighted by Gasteiger charge is -2.16. The third-order valence-corrected chi connectivity index (χ3v) is 2.62. The number of carboxylic acids is 1. The van der Waals surface area contributed by atoms with Gasteiger partial charge in [-0.25, -0.2) is 4.79 Å². The van der Waals surface area contributed by atoms with Crippen molar-refractivity contribution < 1.29 is 24.2 Å². The van der Waals surface area contributed by atoms with E-state index < -0.39 is 30.3 Å². The monoisotopic (exact) mass is 260 g/mol. The van der Waals surface area contributed by atoms with Crippen molar-refractivity contribution in [1.82, 2.24) is 5.32 Å². The first kappa shape index (κ1) is 16.4. The minimum atomic E-state index is -1.27. The Kier molecular flexibility index (Phi) is 7.69. The number of nitrogens with one attached hydrogen (secondary N) is 1. The Morgan fingerprint density at radius 3 is 2.33 bits per heavy atom. The lowest BCUT2D eigenvalue weighted by Crippen LogP contribution is -2.43. The summed E-state index contributed by atoms with van der Waals surface area (Å²) in [6.45, 7) is 2.26. The van der Waals surface area contributed by atoms with Crippen LogP contribution >= 0.6 is 0 Å². The highest BCUT2D eigenvalue weighted by atomic mass is 16.5. The summed E-state index contributed by atoms with van der Waals surface area (Å²) in [5.41, 5.74) is 5.45. The molecule has 2 atom stereocenters. The SMILES string of the molecule is CCC(CN)CC(=O)N[C@@H](CC(=O)OC)C(=O)O. The molecular formula is C11H20N2O5. The molecule has 1 amide bonds. The van der Waals surface area contributed by atoms with Crippen LogP contribution in [0, 0.1) is 5.92 Å². The molecule has 4 N–H and O–H groups in total. The number of carboxylic acid groups (broad SMARTS) is 1. The van der Waals surface area contributed by atoms with Crippen molar-refractivity contribution in [3.05, 3.63) is 0 Å². The van der Waals surface area contributed by atoms with Gasteiger partial charge in [0.2, 0.25) is 5.91 Å². The molecule has 0 aromatic carbocycles. The summed E-state index contributed by atoms with van der Waals surface area (Å²) in [4.78, 5) is 33.4. The van der Waals surface area contributed by atoms with Crippen LogP contribution in [0.15, 0.2) is 0 Å². The van der Waals surface area contributed by atoms with E-state index in [1.807, 2.05) is 6.92 Å². The number of carbonyl (C=O) groups is 3. The molecule has 18 heavy (non-hydrogen) atoms. The van der Waals surface area contributed by atoms with E-state index in [1.54, 1.807) is 0 Å². The fourth-order valence-corrected chi connectivity index (χ4v) is 1.36. The predicted molar refractivity (Wildman–Crippen MR) is 63.7 cm³/mol. The highest BCUT2D eigenvalue weighted by Crippen LogP contribution is 2.06. The molecule has 0 spiro atoms. The molecule has 0 saturated carbocycles. The molecule has 0 fully saturated rings. The maximum Gasteiger partial charge on any atom is 0.326 e. The van der Waals surface area contributed by atoms with E-state index in [-0.39, 0.29) is 12.3 Å². The second-order valence-electron chi connectivity index (χ2n) is 3.95. The molecule has 0 rings (SSSR count). The minimum Gasteiger partial charge on any atom is -0.480 e. The Balaban J connectivity index is 4.36. The summed E-state index contributed by atoms with van der Waals surface area (Å²) in [7, 11) is 1.16. The number of ether oxygens (including phenoxy) is 1. The highest BCUT2D eigenvalue weighted by molar-refractivity contribution is 5.87. The molecule has 0 saturated heterocycles. The second kappa shape index (κ2) is 8.46. The molecule has 0 aliphatic carbocycles. The average Bonchev–Trinajstić information content (AvgIpc) is 2.34. The molecule has 0 aromatic rings. The van der Waals surface area contributed by atoms with Gasteiger partial charge in [-0.3, -0.25) is 9.59 Å². The van der Waals surface area contributed by atoms with Crippen LogP contribution < -0.4 is 11.1 Å². The van der Waals surface area contributed by atoms with E-state index in [0.29, 0.717) is 6.54 Å². The molecule has 0 bridgehead atoms. The fourth-order valence-electron chi connectivity index (χ4n) is 1.36. The quantitative estimate of drug-likeness (QED) is 0.506. The van der Waals surface area contributed by atoms with Crippen LogP contribution in [0.1, 0.15) is 26.2 Å². The van der Waals surface area contributed by atoms with Crippen molar-refractivity contribution in [3.63, 3.8) is 0 Å². The van der Waals surface area contributed by atoms with Gasteiger partial charge in [0.15, 0.2) is 0 Å². The maximum absolute atomic E-state index is 11.6. The lowest BCUT2D eigenvalue weighted by atomic mass is 10.0. The van der Waals surface area contributed by atoms with Gasteiger partial charge in [-0.05, 0) is 12.5 Å². The molecular weight excluding hydrogens is 240 g/mol. The molecule has 7 heteroatoms. The van der Waals surface area contributed by atoms with Crippen LogP contribution in [0.2, 0.25) is 0 Å². The van der Waals surface area contributed by atoms with E-state index in [2.05, 4.69) is 10.1 Å². The summed E-state index contributed by atoms with van der Waals surface area (Å²) in [5.74, 6) is -2.37. The molecule has 0 radical (unpaired) electrons. The molecule has 0 aliphatic rings. The van der Waals surface area contributed by atoms with E-state index in [9.17, 15) is 14.4 Å². The number of methoxy groups -OCH3 is 1. The van der Waals surface area contributed by atoms with Crippen molar-refractivity contribution in [2.45, 2.75) is 32.2 Å². The smallest absolute Gasteiger partial charge is 0.326 e. The first-order valence-electron chi connectivity index (χ1n) is 5.73. The van der Waals surface area contributed by atoms with Crippen LogP contribution in [0.4, 0.5) is 0 Å². The normalized spacial score (nSPS) is 13.5. The van der Waals surface area contributed by atoms with Gasteiger partial charge in [0, 0.05) is 6.42 Å². The Bertz CT molecular complexity index is 302. The lowest BCUT2D eigenvalue weighted by molar-refractivity contribution is -0.148. The van der Waals surface area contributed by atoms with Crippen molar-refractivity contribution in [1.29, 1.82) is 0 Å². The van der Waals surface area contributed by atoms with Gasteiger partial charge < -0.3 is 20.9 Å². The molecule has 0 heterocycles. The maximum atomic E-state index is 11.6. The van der Waals surface area contributed by atoms with Crippen LogP contribution in [-0.4, -0.2) is 42.6 Å². The molecule has 104 valence electrons. The predicted octanol–water partition coefficient (Wildman–Crippen LogP) is -0.506. The zero-order valence-electron chi connectivity index (χ0n) is 10.6. The first-order valence-corrected chi connectivity index (χ1v) is 5.73. The summed E-state index contributed by atoms with van der Waals surface area (Å²) in [6.07, 6.45) is 0.494. The number of nitrogens with two attached hydrogens (primary N) is 1. The van der Waals surface area contributed by atoms with Gasteiger partial charge in [-0.2, -0.15) is 0 Å². The van der Waals surface area contributed by atoms with Gasteiger partial charge in [0.25, 0.3) is 0 Å². The van der Waals surface area contributed by atoms with Crippen molar-refractivity contribution in [2.24, 2.45) is 11.7 Å². The topological polar surface area (TPSA) is 119 Å². The van der Waals surface area contributed by atoms with E-state index in [0.717, 1.165) is 13.5 Å². The third-order valence-electron chi connectivity index (χ3n) is 2.62. The molecule has 0 aliphatic heterocycles. The van der Waals surface area contributed by atoms with Gasteiger partial charge in [-0.1, -0.05) is 13.3 Å². The Morgan fingerprint density at radius 1 is 1.33 bits per heavy atom. The van der Waals surface area contributed by atoms with Crippen LogP contribution in [-0.2, 0) is 19.1 Å². The Morgan fingerprint density at radius 2 is 1.94 bits per heavy atom. The third kappa shape index (κ3) is 6.19. The molecule has 7 nitrogen and oxygen atoms in total. The van der Waals surface area contributed by atoms with E-state index >= 15 is 0 Å². The Hall–Kier alpha value is -1.63. The standard InChI is InChI=1S/C11H20N2O5/c1-3-7(6-12)4-9(14)13-8(11(16)17)5-10(15)18-2/h7-8H,3-6,12H2,1-2H3,(H,13,14)(H,16,17)/t7?,8-/m0/s1. The summed E-state index contributed by atoms with van der Waals surface area (Å²) in [6, 6.07) is -1.26. The van der Waals surface area contributed by atoms with Gasteiger partial charge in [0.05, 0.1) is 13.5 Å². The number of hydrogen-bond acceptors (Lipinski definition) is 5. The van der Waals surface area contributed by atoms with Crippen molar-refractivity contribution in [2.75, 3.05) is 13.7 Å². The molecule has 0 aromatic heterocycles. The fraction of sp³-hybridized carbons (Fsp3) is 0.727. The summed E-state index contributed by atoms with van der Waals surface area (Å²) >= 11 is 0. The number of carbonyl (C=O) groups excluding carboxylic acids is 2.